The van der Waals surface area contributed by atoms with Gasteiger partial charge in [0.2, 0.25) is 5.91 Å². The third-order valence-corrected chi connectivity index (χ3v) is 4.10. The van der Waals surface area contributed by atoms with Gasteiger partial charge in [-0.3, -0.25) is 10.1 Å². The Hall–Kier alpha value is -1.88. The van der Waals surface area contributed by atoms with Crippen LogP contribution in [-0.2, 0) is 10.3 Å². The Bertz CT molecular complexity index is 648. The van der Waals surface area contributed by atoms with Crippen molar-refractivity contribution in [3.8, 4) is 0 Å². The van der Waals surface area contributed by atoms with E-state index in [-0.39, 0.29) is 6.54 Å². The topological polar surface area (TPSA) is 75.3 Å². The molecular formula is C17H19ClN2O2. The molecule has 116 valence electrons. The Balaban J connectivity index is 2.17. The molecule has 4 N–H and O–H groups in total. The number of nitrogens with one attached hydrogen (secondary N) is 1. The van der Waals surface area contributed by atoms with Gasteiger partial charge >= 0.3 is 0 Å². The highest BCUT2D eigenvalue weighted by Gasteiger charge is 2.33. The van der Waals surface area contributed by atoms with E-state index >= 15 is 0 Å². The number of carbonyl (C=O) groups is 1. The standard InChI is InChI=1S/C17H19ClN2O2/c1-17(16(19)22,12-7-3-2-4-8-12)20-11-15(21)13-9-5-6-10-14(13)18/h2-10,15,20-21H,11H2,1H3,(H2,19,22). The maximum atomic E-state index is 11.9. The van der Waals surface area contributed by atoms with E-state index in [0.29, 0.717) is 10.6 Å². The fourth-order valence-corrected chi connectivity index (χ4v) is 2.52. The minimum atomic E-state index is -1.07. The van der Waals surface area contributed by atoms with Crippen LogP contribution in [0.2, 0.25) is 5.02 Å². The van der Waals surface area contributed by atoms with E-state index in [1.807, 2.05) is 30.3 Å². The molecule has 2 aromatic rings. The summed E-state index contributed by atoms with van der Waals surface area (Å²) in [6.07, 6.45) is -0.837. The largest absolute Gasteiger partial charge is 0.387 e. The third-order valence-electron chi connectivity index (χ3n) is 3.76. The molecule has 2 rings (SSSR count). The Morgan fingerprint density at radius 3 is 2.41 bits per heavy atom. The zero-order chi connectivity index (χ0) is 16.2. The number of nitrogens with two attached hydrogens (primary N) is 1. The van der Waals surface area contributed by atoms with E-state index in [1.54, 1.807) is 31.2 Å². The van der Waals surface area contributed by atoms with Gasteiger partial charge in [-0.05, 0) is 18.6 Å². The molecule has 2 unspecified atom stereocenters. The molecule has 5 heteroatoms. The highest BCUT2D eigenvalue weighted by molar-refractivity contribution is 6.31. The normalized spacial score (nSPS) is 15.0. The molecular weight excluding hydrogens is 300 g/mol. The first kappa shape index (κ1) is 16.5. The van der Waals surface area contributed by atoms with Gasteiger partial charge in [-0.2, -0.15) is 0 Å². The highest BCUT2D eigenvalue weighted by atomic mass is 35.5. The molecule has 0 radical (unpaired) electrons. The van der Waals surface area contributed by atoms with E-state index in [1.165, 1.54) is 0 Å². The van der Waals surface area contributed by atoms with Crippen molar-refractivity contribution < 1.29 is 9.90 Å². The average molecular weight is 319 g/mol. The van der Waals surface area contributed by atoms with Crippen molar-refractivity contribution >= 4 is 17.5 Å². The molecule has 22 heavy (non-hydrogen) atoms. The van der Waals surface area contributed by atoms with Crippen molar-refractivity contribution in [1.29, 1.82) is 0 Å². The van der Waals surface area contributed by atoms with Crippen LogP contribution >= 0.6 is 11.6 Å². The number of amides is 1. The molecule has 0 saturated carbocycles. The third kappa shape index (κ3) is 3.47. The van der Waals surface area contributed by atoms with Crippen LogP contribution in [-0.4, -0.2) is 17.6 Å². The number of aliphatic hydroxyl groups is 1. The van der Waals surface area contributed by atoms with Gasteiger partial charge in [0.05, 0.1) is 6.10 Å². The molecule has 0 bridgehead atoms. The van der Waals surface area contributed by atoms with Crippen LogP contribution in [0.25, 0.3) is 0 Å². The van der Waals surface area contributed by atoms with Crippen LogP contribution < -0.4 is 11.1 Å². The zero-order valence-electron chi connectivity index (χ0n) is 12.3. The molecule has 0 aliphatic carbocycles. The van der Waals surface area contributed by atoms with Crippen molar-refractivity contribution in [2.24, 2.45) is 5.73 Å². The number of halogens is 1. The summed E-state index contributed by atoms with van der Waals surface area (Å²) in [7, 11) is 0. The van der Waals surface area contributed by atoms with Gasteiger partial charge in [-0.1, -0.05) is 60.1 Å². The van der Waals surface area contributed by atoms with E-state index in [0.717, 1.165) is 5.56 Å². The Morgan fingerprint density at radius 2 is 1.82 bits per heavy atom. The van der Waals surface area contributed by atoms with Gasteiger partial charge in [0.15, 0.2) is 0 Å². The maximum Gasteiger partial charge on any atom is 0.242 e. The maximum absolute atomic E-state index is 11.9. The summed E-state index contributed by atoms with van der Waals surface area (Å²) in [6, 6.07) is 16.2. The van der Waals surface area contributed by atoms with Crippen LogP contribution in [0.5, 0.6) is 0 Å². The molecule has 0 saturated heterocycles. The van der Waals surface area contributed by atoms with Gasteiger partial charge in [0, 0.05) is 17.1 Å². The summed E-state index contributed by atoms with van der Waals surface area (Å²) in [6.45, 7) is 1.85. The number of rotatable bonds is 6. The molecule has 0 aliphatic rings. The van der Waals surface area contributed by atoms with Crippen molar-refractivity contribution in [2.75, 3.05) is 6.54 Å². The van der Waals surface area contributed by atoms with Gasteiger partial charge in [0.1, 0.15) is 5.54 Å². The summed E-state index contributed by atoms with van der Waals surface area (Å²) in [5.41, 5.74) is 5.83. The predicted molar refractivity (Wildman–Crippen MR) is 87.4 cm³/mol. The monoisotopic (exact) mass is 318 g/mol. The first-order chi connectivity index (χ1) is 10.4. The molecule has 0 spiro atoms. The molecule has 2 aromatic carbocycles. The number of carbonyl (C=O) groups excluding carboxylic acids is 1. The summed E-state index contributed by atoms with van der Waals surface area (Å²) in [4.78, 5) is 11.9. The van der Waals surface area contributed by atoms with Crippen LogP contribution in [0.4, 0.5) is 0 Å². The fraction of sp³-hybridized carbons (Fsp3) is 0.235. The molecule has 0 aliphatic heterocycles. The van der Waals surface area contributed by atoms with Gasteiger partial charge < -0.3 is 10.8 Å². The summed E-state index contributed by atoms with van der Waals surface area (Å²) >= 11 is 6.07. The lowest BCUT2D eigenvalue weighted by molar-refractivity contribution is -0.124. The van der Waals surface area contributed by atoms with Crippen molar-refractivity contribution in [1.82, 2.24) is 5.32 Å². The Morgan fingerprint density at radius 1 is 1.23 bits per heavy atom. The number of aliphatic hydroxyl groups excluding tert-OH is 1. The lowest BCUT2D eigenvalue weighted by Crippen LogP contribution is -2.51. The van der Waals surface area contributed by atoms with Crippen LogP contribution in [0, 0.1) is 0 Å². The average Bonchev–Trinajstić information content (AvgIpc) is 2.53. The first-order valence-corrected chi connectivity index (χ1v) is 7.36. The number of primary amides is 1. The molecule has 0 heterocycles. The predicted octanol–water partition coefficient (Wildman–Crippen LogP) is 2.36. The van der Waals surface area contributed by atoms with Crippen LogP contribution in [0.3, 0.4) is 0 Å². The molecule has 0 fully saturated rings. The lowest BCUT2D eigenvalue weighted by Gasteiger charge is -2.29. The first-order valence-electron chi connectivity index (χ1n) is 6.98. The molecule has 0 aromatic heterocycles. The van der Waals surface area contributed by atoms with Crippen LogP contribution in [0.15, 0.2) is 54.6 Å². The second-order valence-electron chi connectivity index (χ2n) is 5.27. The molecule has 1 amide bonds. The Kier molecular flexibility index (Phi) is 5.19. The summed E-state index contributed by atoms with van der Waals surface area (Å²) in [5.74, 6) is -0.509. The number of benzene rings is 2. The number of hydrogen-bond acceptors (Lipinski definition) is 3. The Labute approximate surface area is 134 Å². The fourth-order valence-electron chi connectivity index (χ4n) is 2.26. The minimum Gasteiger partial charge on any atom is -0.387 e. The van der Waals surface area contributed by atoms with Crippen molar-refractivity contribution in [3.63, 3.8) is 0 Å². The SMILES string of the molecule is CC(NCC(O)c1ccccc1Cl)(C(N)=O)c1ccccc1. The molecule has 4 nitrogen and oxygen atoms in total. The second-order valence-corrected chi connectivity index (χ2v) is 5.68. The smallest absolute Gasteiger partial charge is 0.242 e. The van der Waals surface area contributed by atoms with Crippen LogP contribution in [0.1, 0.15) is 24.2 Å². The summed E-state index contributed by atoms with van der Waals surface area (Å²) in [5, 5.41) is 13.8. The van der Waals surface area contributed by atoms with Crippen molar-refractivity contribution in [3.05, 3.63) is 70.7 Å². The lowest BCUT2D eigenvalue weighted by atomic mass is 9.91. The van der Waals surface area contributed by atoms with E-state index < -0.39 is 17.6 Å². The minimum absolute atomic E-state index is 0.151. The van der Waals surface area contributed by atoms with Gasteiger partial charge in [-0.15, -0.1) is 0 Å². The quantitative estimate of drug-likeness (QED) is 0.765. The van der Waals surface area contributed by atoms with Gasteiger partial charge in [-0.25, -0.2) is 0 Å². The molecule has 2 atom stereocenters. The van der Waals surface area contributed by atoms with E-state index in [2.05, 4.69) is 5.32 Å². The van der Waals surface area contributed by atoms with E-state index in [9.17, 15) is 9.90 Å². The second kappa shape index (κ2) is 6.92. The van der Waals surface area contributed by atoms with Gasteiger partial charge in [0.25, 0.3) is 0 Å². The zero-order valence-corrected chi connectivity index (χ0v) is 13.0. The highest BCUT2D eigenvalue weighted by Crippen LogP contribution is 2.25. The number of hydrogen-bond donors (Lipinski definition) is 3. The van der Waals surface area contributed by atoms with Crippen molar-refractivity contribution in [2.45, 2.75) is 18.6 Å². The van der Waals surface area contributed by atoms with E-state index in [4.69, 9.17) is 17.3 Å². The summed E-state index contributed by atoms with van der Waals surface area (Å²) < 4.78 is 0.